The van der Waals surface area contributed by atoms with Gasteiger partial charge in [-0.2, -0.15) is 0 Å². The molecule has 0 amide bonds. The van der Waals surface area contributed by atoms with Crippen LogP contribution in [0.4, 0.5) is 0 Å². The normalized spacial score (nSPS) is 11.3. The lowest BCUT2D eigenvalue weighted by molar-refractivity contribution is 0.868. The van der Waals surface area contributed by atoms with Crippen LogP contribution in [0.25, 0.3) is 11.0 Å². The van der Waals surface area contributed by atoms with Crippen LogP contribution in [0.5, 0.6) is 0 Å². The summed E-state index contributed by atoms with van der Waals surface area (Å²) in [6.45, 7) is 4.33. The van der Waals surface area contributed by atoms with Crippen LogP contribution in [0.1, 0.15) is 25.3 Å². The van der Waals surface area contributed by atoms with E-state index < -0.39 is 0 Å². The number of aromatic nitrogens is 2. The Labute approximate surface area is 77.2 Å². The van der Waals surface area contributed by atoms with Crippen LogP contribution < -0.4 is 5.84 Å². The molecule has 0 unspecified atom stereocenters. The Morgan fingerprint density at radius 1 is 1.38 bits per heavy atom. The zero-order chi connectivity index (χ0) is 9.42. The maximum Gasteiger partial charge on any atom is 0.115 e. The van der Waals surface area contributed by atoms with Crippen molar-refractivity contribution in [2.24, 2.45) is 0 Å². The molecule has 1 aromatic heterocycles. The first-order valence-corrected chi connectivity index (χ1v) is 4.40. The van der Waals surface area contributed by atoms with Gasteiger partial charge < -0.3 is 5.84 Å². The monoisotopic (exact) mass is 175 g/mol. The number of nitrogens with two attached hydrogens (primary N) is 1. The zero-order valence-corrected chi connectivity index (χ0v) is 7.86. The van der Waals surface area contributed by atoms with Gasteiger partial charge in [0.2, 0.25) is 0 Å². The number of nitrogen functional groups attached to an aromatic ring is 1. The van der Waals surface area contributed by atoms with Crippen molar-refractivity contribution in [1.82, 2.24) is 9.66 Å². The third kappa shape index (κ3) is 1.26. The largest absolute Gasteiger partial charge is 0.338 e. The molecule has 0 aliphatic carbocycles. The molecule has 0 radical (unpaired) electrons. The number of imidazole rings is 1. The highest BCUT2D eigenvalue weighted by Crippen LogP contribution is 2.19. The van der Waals surface area contributed by atoms with Gasteiger partial charge >= 0.3 is 0 Å². The first kappa shape index (κ1) is 8.10. The molecule has 2 N–H and O–H groups in total. The van der Waals surface area contributed by atoms with E-state index in [-0.39, 0.29) is 0 Å². The van der Waals surface area contributed by atoms with Gasteiger partial charge in [-0.1, -0.05) is 19.9 Å². The molecule has 1 heterocycles. The highest BCUT2D eigenvalue weighted by molar-refractivity contribution is 5.76. The van der Waals surface area contributed by atoms with Crippen molar-refractivity contribution in [3.63, 3.8) is 0 Å². The number of benzene rings is 1. The topological polar surface area (TPSA) is 43.8 Å². The van der Waals surface area contributed by atoms with Gasteiger partial charge in [0.15, 0.2) is 0 Å². The smallest absolute Gasteiger partial charge is 0.115 e. The highest BCUT2D eigenvalue weighted by Gasteiger charge is 2.03. The molecule has 1 aromatic carbocycles. The number of rotatable bonds is 1. The molecule has 0 aliphatic heterocycles. The lowest BCUT2D eigenvalue weighted by Gasteiger charge is -2.04. The Balaban J connectivity index is 2.63. The second-order valence-electron chi connectivity index (χ2n) is 3.55. The lowest BCUT2D eigenvalue weighted by atomic mass is 10.0. The fraction of sp³-hybridized carbons (Fsp3) is 0.300. The van der Waals surface area contributed by atoms with E-state index in [9.17, 15) is 0 Å². The summed E-state index contributed by atoms with van der Waals surface area (Å²) in [4.78, 5) is 4.20. The van der Waals surface area contributed by atoms with E-state index in [2.05, 4.69) is 31.0 Å². The van der Waals surface area contributed by atoms with Crippen LogP contribution in [0.15, 0.2) is 24.5 Å². The van der Waals surface area contributed by atoms with Crippen molar-refractivity contribution < 1.29 is 0 Å². The summed E-state index contributed by atoms with van der Waals surface area (Å²) in [5.41, 5.74) is 3.24. The first-order chi connectivity index (χ1) is 6.18. The van der Waals surface area contributed by atoms with Crippen molar-refractivity contribution in [3.05, 3.63) is 30.1 Å². The third-order valence-electron chi connectivity index (χ3n) is 2.27. The van der Waals surface area contributed by atoms with E-state index in [1.54, 1.807) is 11.0 Å². The molecule has 0 bridgehead atoms. The van der Waals surface area contributed by atoms with Crippen molar-refractivity contribution in [3.8, 4) is 0 Å². The summed E-state index contributed by atoms with van der Waals surface area (Å²) in [6.07, 6.45) is 1.63. The molecule has 0 atom stereocenters. The molecule has 0 saturated carbocycles. The molecule has 0 aliphatic rings. The average molecular weight is 175 g/mol. The van der Waals surface area contributed by atoms with Crippen LogP contribution in [0, 0.1) is 0 Å². The SMILES string of the molecule is CC(C)c1ccc2c(c1)ncn2N. The Hall–Kier alpha value is -1.51. The Morgan fingerprint density at radius 3 is 2.85 bits per heavy atom. The van der Waals surface area contributed by atoms with Gasteiger partial charge in [-0.05, 0) is 23.6 Å². The van der Waals surface area contributed by atoms with Gasteiger partial charge in [-0.15, -0.1) is 0 Å². The van der Waals surface area contributed by atoms with Gasteiger partial charge in [0, 0.05) is 0 Å². The summed E-state index contributed by atoms with van der Waals surface area (Å²) in [7, 11) is 0. The molecule has 3 nitrogen and oxygen atoms in total. The van der Waals surface area contributed by atoms with Crippen LogP contribution in [-0.4, -0.2) is 9.66 Å². The number of hydrogen-bond donors (Lipinski definition) is 1. The van der Waals surface area contributed by atoms with Crippen molar-refractivity contribution in [2.45, 2.75) is 19.8 Å². The van der Waals surface area contributed by atoms with E-state index in [0.29, 0.717) is 5.92 Å². The molecule has 0 fully saturated rings. The predicted molar refractivity (Wildman–Crippen MR) is 54.0 cm³/mol. The number of nitrogens with zero attached hydrogens (tertiary/aromatic N) is 2. The summed E-state index contributed by atoms with van der Waals surface area (Å²) in [6, 6.07) is 6.19. The van der Waals surface area contributed by atoms with Gasteiger partial charge in [0.1, 0.15) is 6.33 Å². The van der Waals surface area contributed by atoms with Gasteiger partial charge in [0.05, 0.1) is 11.0 Å². The molecule has 2 rings (SSSR count). The fourth-order valence-electron chi connectivity index (χ4n) is 1.41. The van der Waals surface area contributed by atoms with Gasteiger partial charge in [-0.3, -0.25) is 0 Å². The Kier molecular flexibility index (Phi) is 1.72. The molecular weight excluding hydrogens is 162 g/mol. The minimum atomic E-state index is 0.535. The fourth-order valence-corrected chi connectivity index (χ4v) is 1.41. The number of hydrogen-bond acceptors (Lipinski definition) is 2. The molecule has 0 spiro atoms. The average Bonchev–Trinajstić information content (AvgIpc) is 2.47. The van der Waals surface area contributed by atoms with Crippen molar-refractivity contribution in [1.29, 1.82) is 0 Å². The molecule has 13 heavy (non-hydrogen) atoms. The van der Waals surface area contributed by atoms with E-state index in [0.717, 1.165) is 11.0 Å². The van der Waals surface area contributed by atoms with E-state index in [4.69, 9.17) is 5.84 Å². The minimum Gasteiger partial charge on any atom is -0.338 e. The van der Waals surface area contributed by atoms with Crippen molar-refractivity contribution in [2.75, 3.05) is 5.84 Å². The van der Waals surface area contributed by atoms with Gasteiger partial charge in [-0.25, -0.2) is 9.66 Å². The molecule has 68 valence electrons. The second kappa shape index (κ2) is 2.76. The quantitative estimate of drug-likeness (QED) is 0.672. The summed E-state index contributed by atoms with van der Waals surface area (Å²) >= 11 is 0. The Bertz CT molecular complexity index is 429. The maximum absolute atomic E-state index is 5.66. The minimum absolute atomic E-state index is 0.535. The summed E-state index contributed by atoms with van der Waals surface area (Å²) in [5.74, 6) is 6.19. The van der Waals surface area contributed by atoms with Crippen molar-refractivity contribution >= 4 is 11.0 Å². The van der Waals surface area contributed by atoms with Crippen LogP contribution in [-0.2, 0) is 0 Å². The predicted octanol–water partition coefficient (Wildman–Crippen LogP) is 1.87. The molecule has 3 heteroatoms. The van der Waals surface area contributed by atoms with Crippen LogP contribution in [0.2, 0.25) is 0 Å². The van der Waals surface area contributed by atoms with E-state index in [1.807, 2.05) is 6.07 Å². The number of fused-ring (bicyclic) bond motifs is 1. The second-order valence-corrected chi connectivity index (χ2v) is 3.55. The van der Waals surface area contributed by atoms with Crippen LogP contribution >= 0.6 is 0 Å². The third-order valence-corrected chi connectivity index (χ3v) is 2.27. The van der Waals surface area contributed by atoms with Crippen LogP contribution in [0.3, 0.4) is 0 Å². The first-order valence-electron chi connectivity index (χ1n) is 4.40. The standard InChI is InChI=1S/C10H13N3/c1-7(2)8-3-4-10-9(5-8)12-6-13(10)11/h3-7H,11H2,1-2H3. The van der Waals surface area contributed by atoms with Gasteiger partial charge in [0.25, 0.3) is 0 Å². The van der Waals surface area contributed by atoms with E-state index >= 15 is 0 Å². The summed E-state index contributed by atoms with van der Waals surface area (Å²) in [5, 5.41) is 0. The molecule has 2 aromatic rings. The molecule has 0 saturated heterocycles. The van der Waals surface area contributed by atoms with E-state index in [1.165, 1.54) is 5.56 Å². The molecular formula is C10H13N3. The lowest BCUT2D eigenvalue weighted by Crippen LogP contribution is -2.04. The summed E-state index contributed by atoms with van der Waals surface area (Å²) < 4.78 is 1.54. The highest BCUT2D eigenvalue weighted by atomic mass is 15.3. The Morgan fingerprint density at radius 2 is 2.15 bits per heavy atom. The zero-order valence-electron chi connectivity index (χ0n) is 7.86. The maximum atomic E-state index is 5.66.